The lowest BCUT2D eigenvalue weighted by molar-refractivity contribution is -0.115. The largest absolute Gasteiger partial charge is 0.497 e. The number of hydrogen-bond donors (Lipinski definition) is 2. The Hall–Kier alpha value is -3.07. The number of benzene rings is 2. The molecule has 3 N–H and O–H groups in total. The lowest BCUT2D eigenvalue weighted by Gasteiger charge is -2.12. The number of amides is 1. The SMILES string of the molecule is COc1cccc(NC(=O)C(C)Sc2nnc(-c3ccccc3F)n2N)c1. The molecule has 0 spiro atoms. The van der Waals surface area contributed by atoms with Crippen LogP contribution in [0.5, 0.6) is 5.75 Å². The molecule has 0 bridgehead atoms. The van der Waals surface area contributed by atoms with Crippen molar-refractivity contribution < 1.29 is 13.9 Å². The number of aromatic nitrogens is 3. The summed E-state index contributed by atoms with van der Waals surface area (Å²) in [6.45, 7) is 1.72. The van der Waals surface area contributed by atoms with Crippen molar-refractivity contribution in [1.29, 1.82) is 0 Å². The second-order valence-corrected chi connectivity index (χ2v) is 6.95. The van der Waals surface area contributed by atoms with Gasteiger partial charge in [-0.2, -0.15) is 0 Å². The summed E-state index contributed by atoms with van der Waals surface area (Å²) < 4.78 is 20.3. The van der Waals surface area contributed by atoms with Gasteiger partial charge in [-0.15, -0.1) is 10.2 Å². The van der Waals surface area contributed by atoms with Crippen molar-refractivity contribution in [2.75, 3.05) is 18.3 Å². The number of nitrogens with zero attached hydrogens (tertiary/aromatic N) is 3. The third-order valence-electron chi connectivity index (χ3n) is 3.77. The van der Waals surface area contributed by atoms with Gasteiger partial charge in [0.1, 0.15) is 11.6 Å². The van der Waals surface area contributed by atoms with Crippen LogP contribution in [-0.4, -0.2) is 33.1 Å². The molecule has 3 aromatic rings. The Kier molecular flexibility index (Phi) is 5.60. The van der Waals surface area contributed by atoms with Crippen LogP contribution in [0.15, 0.2) is 53.7 Å². The normalized spacial score (nSPS) is 11.8. The van der Waals surface area contributed by atoms with Crippen LogP contribution in [0.3, 0.4) is 0 Å². The Bertz CT molecular complexity index is 962. The Balaban J connectivity index is 1.71. The molecule has 2 aromatic carbocycles. The summed E-state index contributed by atoms with van der Waals surface area (Å²) in [7, 11) is 1.56. The van der Waals surface area contributed by atoms with E-state index in [4.69, 9.17) is 10.6 Å². The van der Waals surface area contributed by atoms with Gasteiger partial charge in [-0.05, 0) is 31.2 Å². The Morgan fingerprint density at radius 2 is 2.04 bits per heavy atom. The molecule has 9 heteroatoms. The van der Waals surface area contributed by atoms with Gasteiger partial charge in [-0.1, -0.05) is 30.0 Å². The summed E-state index contributed by atoms with van der Waals surface area (Å²) >= 11 is 1.13. The van der Waals surface area contributed by atoms with Crippen molar-refractivity contribution in [3.05, 3.63) is 54.3 Å². The summed E-state index contributed by atoms with van der Waals surface area (Å²) in [6.07, 6.45) is 0. The molecule has 1 aromatic heterocycles. The number of nitrogens with one attached hydrogen (secondary N) is 1. The zero-order chi connectivity index (χ0) is 19.4. The number of thioether (sulfide) groups is 1. The molecule has 0 saturated carbocycles. The number of rotatable bonds is 6. The maximum Gasteiger partial charge on any atom is 0.237 e. The van der Waals surface area contributed by atoms with E-state index in [2.05, 4.69) is 15.5 Å². The van der Waals surface area contributed by atoms with Crippen molar-refractivity contribution in [3.8, 4) is 17.1 Å². The van der Waals surface area contributed by atoms with Gasteiger partial charge in [0.05, 0.1) is 17.9 Å². The number of anilines is 1. The van der Waals surface area contributed by atoms with Gasteiger partial charge >= 0.3 is 0 Å². The average Bonchev–Trinajstić information content (AvgIpc) is 3.02. The predicted molar refractivity (Wildman–Crippen MR) is 103 cm³/mol. The van der Waals surface area contributed by atoms with E-state index in [0.717, 1.165) is 11.8 Å². The van der Waals surface area contributed by atoms with Crippen LogP contribution in [-0.2, 0) is 4.79 Å². The number of halogens is 1. The fraction of sp³-hybridized carbons (Fsp3) is 0.167. The molecule has 0 aliphatic rings. The van der Waals surface area contributed by atoms with E-state index >= 15 is 0 Å². The van der Waals surface area contributed by atoms with Crippen LogP contribution in [0.1, 0.15) is 6.92 Å². The maximum atomic E-state index is 13.9. The highest BCUT2D eigenvalue weighted by Crippen LogP contribution is 2.27. The van der Waals surface area contributed by atoms with Crippen LogP contribution >= 0.6 is 11.8 Å². The van der Waals surface area contributed by atoms with E-state index in [1.54, 1.807) is 56.5 Å². The van der Waals surface area contributed by atoms with Gasteiger partial charge in [0.2, 0.25) is 11.1 Å². The smallest absolute Gasteiger partial charge is 0.237 e. The summed E-state index contributed by atoms with van der Waals surface area (Å²) in [5, 5.41) is 10.5. The number of methoxy groups -OCH3 is 1. The van der Waals surface area contributed by atoms with Crippen molar-refractivity contribution >= 4 is 23.4 Å². The van der Waals surface area contributed by atoms with Gasteiger partial charge in [0, 0.05) is 11.8 Å². The van der Waals surface area contributed by atoms with Gasteiger partial charge in [-0.3, -0.25) is 4.79 Å². The lowest BCUT2D eigenvalue weighted by Crippen LogP contribution is -2.23. The minimum absolute atomic E-state index is 0.191. The monoisotopic (exact) mass is 387 g/mol. The van der Waals surface area contributed by atoms with Crippen LogP contribution in [0.25, 0.3) is 11.4 Å². The first-order chi connectivity index (χ1) is 13.0. The zero-order valence-corrected chi connectivity index (χ0v) is 15.5. The molecular weight excluding hydrogens is 369 g/mol. The first-order valence-corrected chi connectivity index (χ1v) is 8.94. The van der Waals surface area contributed by atoms with Crippen LogP contribution in [0.2, 0.25) is 0 Å². The molecular formula is C18H18FN5O2S. The summed E-state index contributed by atoms with van der Waals surface area (Å²) in [5.41, 5.74) is 0.862. The van der Waals surface area contributed by atoms with Gasteiger partial charge in [0.25, 0.3) is 0 Å². The quantitative estimate of drug-likeness (QED) is 0.499. The number of carbonyl (C=O) groups is 1. The van der Waals surface area contributed by atoms with Gasteiger partial charge < -0.3 is 15.9 Å². The van der Waals surface area contributed by atoms with Crippen molar-refractivity contribution in [1.82, 2.24) is 14.9 Å². The predicted octanol–water partition coefficient (Wildman–Crippen LogP) is 2.93. The summed E-state index contributed by atoms with van der Waals surface area (Å²) in [6, 6.07) is 13.2. The number of carbonyl (C=O) groups excluding carboxylic acids is 1. The summed E-state index contributed by atoms with van der Waals surface area (Å²) in [4.78, 5) is 12.4. The Morgan fingerprint density at radius 1 is 1.26 bits per heavy atom. The van der Waals surface area contributed by atoms with E-state index in [0.29, 0.717) is 16.6 Å². The molecule has 0 fully saturated rings. The molecule has 0 radical (unpaired) electrons. The van der Waals surface area contributed by atoms with E-state index in [1.165, 1.54) is 10.7 Å². The highest BCUT2D eigenvalue weighted by molar-refractivity contribution is 8.00. The second-order valence-electron chi connectivity index (χ2n) is 5.64. The lowest BCUT2D eigenvalue weighted by atomic mass is 10.2. The first-order valence-electron chi connectivity index (χ1n) is 8.06. The van der Waals surface area contributed by atoms with Gasteiger partial charge in [0.15, 0.2) is 5.82 Å². The molecule has 140 valence electrons. The van der Waals surface area contributed by atoms with E-state index in [-0.39, 0.29) is 17.3 Å². The first kappa shape index (κ1) is 18.7. The zero-order valence-electron chi connectivity index (χ0n) is 14.7. The average molecular weight is 387 g/mol. The number of nitrogens with two attached hydrogens (primary N) is 1. The standard InChI is InChI=1S/C18H18FN5O2S/c1-11(17(25)21-12-6-5-7-13(10-12)26-2)27-18-23-22-16(24(18)20)14-8-3-4-9-15(14)19/h3-11H,20H2,1-2H3,(H,21,25). The highest BCUT2D eigenvalue weighted by atomic mass is 32.2. The molecule has 1 heterocycles. The molecule has 7 nitrogen and oxygen atoms in total. The third-order valence-corrected chi connectivity index (χ3v) is 4.82. The Morgan fingerprint density at radius 3 is 2.78 bits per heavy atom. The number of ether oxygens (including phenoxy) is 1. The summed E-state index contributed by atoms with van der Waals surface area (Å²) in [5.74, 6) is 6.15. The van der Waals surface area contributed by atoms with Crippen molar-refractivity contribution in [2.45, 2.75) is 17.3 Å². The molecule has 3 rings (SSSR count). The van der Waals surface area contributed by atoms with Crippen molar-refractivity contribution in [2.24, 2.45) is 0 Å². The molecule has 1 amide bonds. The van der Waals surface area contributed by atoms with Crippen molar-refractivity contribution in [3.63, 3.8) is 0 Å². The maximum absolute atomic E-state index is 13.9. The topological polar surface area (TPSA) is 95.1 Å². The highest BCUT2D eigenvalue weighted by Gasteiger charge is 2.21. The third kappa shape index (κ3) is 4.20. The molecule has 0 aliphatic carbocycles. The molecule has 0 saturated heterocycles. The molecule has 27 heavy (non-hydrogen) atoms. The minimum atomic E-state index is -0.504. The number of nitrogen functional groups attached to an aromatic ring is 1. The fourth-order valence-electron chi connectivity index (χ4n) is 2.34. The van der Waals surface area contributed by atoms with E-state index in [1.807, 2.05) is 0 Å². The van der Waals surface area contributed by atoms with Gasteiger partial charge in [-0.25, -0.2) is 9.07 Å². The fourth-order valence-corrected chi connectivity index (χ4v) is 3.11. The number of hydrogen-bond acceptors (Lipinski definition) is 6. The molecule has 0 aliphatic heterocycles. The minimum Gasteiger partial charge on any atom is -0.497 e. The van der Waals surface area contributed by atoms with E-state index < -0.39 is 11.1 Å². The molecule has 1 atom stereocenters. The Labute approximate surface area is 159 Å². The second kappa shape index (κ2) is 8.09. The van der Waals surface area contributed by atoms with E-state index in [9.17, 15) is 9.18 Å². The van der Waals surface area contributed by atoms with Crippen LogP contribution in [0.4, 0.5) is 10.1 Å². The molecule has 1 unspecified atom stereocenters. The van der Waals surface area contributed by atoms with Crippen LogP contribution in [0, 0.1) is 5.82 Å². The van der Waals surface area contributed by atoms with Crippen LogP contribution < -0.4 is 15.9 Å².